The number of nitrogens with zero attached hydrogens (tertiary/aromatic N) is 5. The van der Waals surface area contributed by atoms with Crippen LogP contribution in [-0.2, 0) is 0 Å². The second-order valence-corrected chi connectivity index (χ2v) is 14.4. The summed E-state index contributed by atoms with van der Waals surface area (Å²) in [4.78, 5) is 25.5. The van der Waals surface area contributed by atoms with Gasteiger partial charge in [0, 0.05) is 49.7 Å². The highest BCUT2D eigenvalue weighted by atomic mass is 16.3. The topological polar surface area (TPSA) is 77.6 Å². The number of para-hydroxylation sites is 1. The van der Waals surface area contributed by atoms with Gasteiger partial charge in [0.25, 0.3) is 0 Å². The SMILES string of the molecule is c1ccc(-c2cc(-c3ccc(-c4cc(-c5nc(-c6ccccc6)nc(-c6ccccc6)n5)cc5c4oc4ccccc45)c4ccccc34)nc(-c3ccccc3)n2)cc1. The van der Waals surface area contributed by atoms with Crippen molar-refractivity contribution >= 4 is 32.7 Å². The summed E-state index contributed by atoms with van der Waals surface area (Å²) in [5, 5.41) is 4.14. The molecule has 59 heavy (non-hydrogen) atoms. The molecule has 0 atom stereocenters. The van der Waals surface area contributed by atoms with Crippen LogP contribution in [0.5, 0.6) is 0 Å². The molecule has 6 nitrogen and oxygen atoms in total. The molecule has 0 aliphatic rings. The Morgan fingerprint density at radius 1 is 0.271 bits per heavy atom. The van der Waals surface area contributed by atoms with Gasteiger partial charge >= 0.3 is 0 Å². The first-order valence-corrected chi connectivity index (χ1v) is 19.6. The summed E-state index contributed by atoms with van der Waals surface area (Å²) in [6.07, 6.45) is 0. The zero-order chi connectivity index (χ0) is 39.1. The molecular formula is C53H33N5O. The lowest BCUT2D eigenvalue weighted by Gasteiger charge is -2.15. The van der Waals surface area contributed by atoms with Crippen LogP contribution in [0.2, 0.25) is 0 Å². The monoisotopic (exact) mass is 755 g/mol. The number of hydrogen-bond donors (Lipinski definition) is 0. The molecule has 276 valence electrons. The van der Waals surface area contributed by atoms with Gasteiger partial charge in [0.15, 0.2) is 23.3 Å². The Hall–Kier alpha value is -8.09. The molecule has 0 amide bonds. The highest BCUT2D eigenvalue weighted by Gasteiger charge is 2.21. The van der Waals surface area contributed by atoms with Crippen molar-refractivity contribution in [1.82, 2.24) is 24.9 Å². The third-order valence-electron chi connectivity index (χ3n) is 10.8. The van der Waals surface area contributed by atoms with Crippen molar-refractivity contribution < 1.29 is 4.42 Å². The Balaban J connectivity index is 1.14. The van der Waals surface area contributed by atoms with Gasteiger partial charge < -0.3 is 4.42 Å². The van der Waals surface area contributed by atoms with Crippen molar-refractivity contribution in [3.63, 3.8) is 0 Å². The number of fused-ring (bicyclic) bond motifs is 4. The summed E-state index contributed by atoms with van der Waals surface area (Å²) in [6.45, 7) is 0. The van der Waals surface area contributed by atoms with E-state index < -0.39 is 0 Å². The number of aromatic nitrogens is 5. The lowest BCUT2D eigenvalue weighted by molar-refractivity contribution is 0.670. The van der Waals surface area contributed by atoms with Crippen molar-refractivity contribution in [1.29, 1.82) is 0 Å². The van der Waals surface area contributed by atoms with Crippen LogP contribution in [0.3, 0.4) is 0 Å². The van der Waals surface area contributed by atoms with Gasteiger partial charge in [-0.3, -0.25) is 0 Å². The van der Waals surface area contributed by atoms with Gasteiger partial charge in [-0.25, -0.2) is 24.9 Å². The first kappa shape index (κ1) is 34.2. The molecule has 8 aromatic carbocycles. The first-order chi connectivity index (χ1) is 29.2. The fourth-order valence-electron chi connectivity index (χ4n) is 7.91. The van der Waals surface area contributed by atoms with Gasteiger partial charge in [0.05, 0.1) is 11.4 Å². The fourth-order valence-corrected chi connectivity index (χ4v) is 7.91. The minimum Gasteiger partial charge on any atom is -0.455 e. The van der Waals surface area contributed by atoms with Crippen molar-refractivity contribution in [2.45, 2.75) is 0 Å². The number of rotatable bonds is 7. The highest BCUT2D eigenvalue weighted by Crippen LogP contribution is 2.43. The molecule has 11 rings (SSSR count). The molecule has 6 heteroatoms. The predicted molar refractivity (Wildman–Crippen MR) is 238 cm³/mol. The van der Waals surface area contributed by atoms with Crippen LogP contribution in [0, 0.1) is 0 Å². The van der Waals surface area contributed by atoms with E-state index in [2.05, 4.69) is 84.9 Å². The van der Waals surface area contributed by atoms with E-state index in [4.69, 9.17) is 29.3 Å². The van der Waals surface area contributed by atoms with E-state index in [0.717, 1.165) is 88.6 Å². The molecule has 0 spiro atoms. The molecule has 0 aliphatic carbocycles. The minimum atomic E-state index is 0.579. The second kappa shape index (κ2) is 14.4. The average Bonchev–Trinajstić information content (AvgIpc) is 3.70. The van der Waals surface area contributed by atoms with E-state index in [0.29, 0.717) is 23.3 Å². The molecule has 0 aliphatic heterocycles. The van der Waals surface area contributed by atoms with E-state index in [9.17, 15) is 0 Å². The van der Waals surface area contributed by atoms with Gasteiger partial charge in [-0.1, -0.05) is 176 Å². The quantitative estimate of drug-likeness (QED) is 0.161. The van der Waals surface area contributed by atoms with E-state index in [1.54, 1.807) is 0 Å². The highest BCUT2D eigenvalue weighted by molar-refractivity contribution is 6.15. The Labute approximate surface area is 340 Å². The summed E-state index contributed by atoms with van der Waals surface area (Å²) in [7, 11) is 0. The van der Waals surface area contributed by atoms with Crippen molar-refractivity contribution in [2.75, 3.05) is 0 Å². The lowest BCUT2D eigenvalue weighted by Crippen LogP contribution is -2.00. The van der Waals surface area contributed by atoms with Crippen LogP contribution in [0.1, 0.15) is 0 Å². The molecule has 0 saturated heterocycles. The Morgan fingerprint density at radius 2 is 0.712 bits per heavy atom. The Kier molecular flexibility index (Phi) is 8.37. The molecule has 0 saturated carbocycles. The molecule has 0 fully saturated rings. The summed E-state index contributed by atoms with van der Waals surface area (Å²) >= 11 is 0. The van der Waals surface area contributed by atoms with E-state index in [-0.39, 0.29) is 0 Å². The smallest absolute Gasteiger partial charge is 0.164 e. The van der Waals surface area contributed by atoms with E-state index in [1.165, 1.54) is 0 Å². The van der Waals surface area contributed by atoms with Crippen molar-refractivity contribution in [3.8, 4) is 79.2 Å². The maximum absolute atomic E-state index is 6.73. The van der Waals surface area contributed by atoms with Crippen LogP contribution in [-0.4, -0.2) is 24.9 Å². The summed E-state index contributed by atoms with van der Waals surface area (Å²) in [6, 6.07) is 68.1. The van der Waals surface area contributed by atoms with Gasteiger partial charge in [-0.2, -0.15) is 0 Å². The first-order valence-electron chi connectivity index (χ1n) is 19.6. The van der Waals surface area contributed by atoms with Crippen LogP contribution in [0.25, 0.3) is 112 Å². The molecule has 0 N–H and O–H groups in total. The number of benzene rings is 8. The summed E-state index contributed by atoms with van der Waals surface area (Å²) in [5.41, 5.74) is 11.0. The number of furan rings is 1. The summed E-state index contributed by atoms with van der Waals surface area (Å²) < 4.78 is 6.73. The van der Waals surface area contributed by atoms with Crippen molar-refractivity contribution in [2.24, 2.45) is 0 Å². The summed E-state index contributed by atoms with van der Waals surface area (Å²) in [5.74, 6) is 2.47. The third kappa shape index (κ3) is 6.29. The van der Waals surface area contributed by atoms with Gasteiger partial charge in [0.2, 0.25) is 0 Å². The fraction of sp³-hybridized carbons (Fsp3) is 0. The predicted octanol–water partition coefficient (Wildman–Crippen LogP) is 13.4. The zero-order valence-corrected chi connectivity index (χ0v) is 31.7. The molecule has 0 bridgehead atoms. The largest absolute Gasteiger partial charge is 0.455 e. The molecule has 3 aromatic heterocycles. The average molecular weight is 756 g/mol. The maximum atomic E-state index is 6.73. The Morgan fingerprint density at radius 3 is 1.31 bits per heavy atom. The maximum Gasteiger partial charge on any atom is 0.164 e. The van der Waals surface area contributed by atoms with Crippen molar-refractivity contribution in [3.05, 3.63) is 200 Å². The second-order valence-electron chi connectivity index (χ2n) is 14.4. The van der Waals surface area contributed by atoms with Crippen LogP contribution < -0.4 is 0 Å². The molecule has 0 radical (unpaired) electrons. The van der Waals surface area contributed by atoms with E-state index >= 15 is 0 Å². The van der Waals surface area contributed by atoms with Gasteiger partial charge in [-0.05, 0) is 40.6 Å². The molecule has 11 aromatic rings. The van der Waals surface area contributed by atoms with Gasteiger partial charge in [0.1, 0.15) is 11.2 Å². The molecular weight excluding hydrogens is 723 g/mol. The van der Waals surface area contributed by atoms with E-state index in [1.807, 2.05) is 115 Å². The molecule has 3 heterocycles. The molecule has 0 unspecified atom stereocenters. The van der Waals surface area contributed by atoms with Gasteiger partial charge in [-0.15, -0.1) is 0 Å². The Bertz CT molecular complexity index is 3200. The van der Waals surface area contributed by atoms with Crippen LogP contribution in [0.4, 0.5) is 0 Å². The lowest BCUT2D eigenvalue weighted by atomic mass is 9.91. The number of hydrogen-bond acceptors (Lipinski definition) is 6. The normalized spacial score (nSPS) is 11.4. The third-order valence-corrected chi connectivity index (χ3v) is 10.8. The standard InChI is InChI=1S/C53H33N5O/c1-5-17-34(18-6-1)46-33-47(55-50(54-46)35-19-7-2-8-20-35)42-30-29-41(39-25-13-14-26-40(39)42)44-31-38(32-45-43-27-15-16-28-48(43)59-49(44)45)53-57-51(36-21-9-3-10-22-36)56-52(58-53)37-23-11-4-12-24-37/h1-33H. The van der Waals surface area contributed by atoms with Crippen LogP contribution >= 0.6 is 0 Å². The zero-order valence-electron chi connectivity index (χ0n) is 31.7. The van der Waals surface area contributed by atoms with Crippen LogP contribution in [0.15, 0.2) is 205 Å². The minimum absolute atomic E-state index is 0.579.